The van der Waals surface area contributed by atoms with Crippen molar-refractivity contribution in [2.24, 2.45) is 0 Å². The van der Waals surface area contributed by atoms with Gasteiger partial charge in [0.2, 0.25) is 0 Å². The number of benzene rings is 1. The minimum absolute atomic E-state index is 0.124. The Labute approximate surface area is 123 Å². The second-order valence-corrected chi connectivity index (χ2v) is 5.08. The molecule has 1 amide bonds. The lowest BCUT2D eigenvalue weighted by Gasteiger charge is -2.10. The summed E-state index contributed by atoms with van der Waals surface area (Å²) in [6.45, 7) is 0.698. The molecule has 2 rings (SSSR count). The van der Waals surface area contributed by atoms with E-state index in [2.05, 4.69) is 10.4 Å². The number of nitrogens with zero attached hydrogens (tertiary/aromatic N) is 3. The molecule has 1 aromatic carbocycles. The molecule has 0 fully saturated rings. The van der Waals surface area contributed by atoms with Crippen LogP contribution < -0.4 is 5.32 Å². The molecule has 0 spiro atoms. The van der Waals surface area contributed by atoms with Crippen LogP contribution in [0, 0.1) is 0 Å². The van der Waals surface area contributed by atoms with Crippen LogP contribution in [0.15, 0.2) is 30.5 Å². The highest BCUT2D eigenvalue weighted by Gasteiger charge is 2.13. The van der Waals surface area contributed by atoms with Crippen LogP contribution in [0.5, 0.6) is 0 Å². The van der Waals surface area contributed by atoms with E-state index in [4.69, 9.17) is 11.6 Å². The summed E-state index contributed by atoms with van der Waals surface area (Å²) in [7, 11) is 5.28. The van der Waals surface area contributed by atoms with E-state index in [0.717, 1.165) is 11.3 Å². The van der Waals surface area contributed by atoms with Gasteiger partial charge in [-0.1, -0.05) is 17.7 Å². The highest BCUT2D eigenvalue weighted by Crippen LogP contribution is 2.20. The number of amides is 1. The Bertz CT molecular complexity index is 621. The molecule has 0 atom stereocenters. The Kier molecular flexibility index (Phi) is 4.42. The molecule has 1 aromatic heterocycles. The second kappa shape index (κ2) is 6.07. The fourth-order valence-corrected chi connectivity index (χ4v) is 2.06. The molecule has 0 radical (unpaired) electrons. The maximum Gasteiger partial charge on any atom is 0.273 e. The topological polar surface area (TPSA) is 50.2 Å². The second-order valence-electron chi connectivity index (χ2n) is 4.65. The third kappa shape index (κ3) is 3.00. The predicted molar refractivity (Wildman–Crippen MR) is 79.4 cm³/mol. The van der Waals surface area contributed by atoms with E-state index >= 15 is 0 Å². The largest absolute Gasteiger partial charge is 0.343 e. The number of halogens is 1. The van der Waals surface area contributed by atoms with Crippen molar-refractivity contribution in [3.05, 3.63) is 46.7 Å². The molecule has 5 nitrogen and oxygen atoms in total. The van der Waals surface area contributed by atoms with Crippen molar-refractivity contribution >= 4 is 17.5 Å². The molecule has 0 unspecified atom stereocenters. The van der Waals surface area contributed by atoms with Crippen LogP contribution in [0.2, 0.25) is 5.02 Å². The highest BCUT2D eigenvalue weighted by atomic mass is 35.5. The Morgan fingerprint density at radius 2 is 2.15 bits per heavy atom. The molecular weight excluding hydrogens is 276 g/mol. The van der Waals surface area contributed by atoms with E-state index in [9.17, 15) is 4.79 Å². The average Bonchev–Trinajstić information content (AvgIpc) is 2.89. The number of carbonyl (C=O) groups excluding carboxylic acids is 1. The smallest absolute Gasteiger partial charge is 0.273 e. The van der Waals surface area contributed by atoms with E-state index < -0.39 is 0 Å². The predicted octanol–water partition coefficient (Wildman–Crippen LogP) is 1.95. The summed E-state index contributed by atoms with van der Waals surface area (Å²) in [5.74, 6) is -0.124. The van der Waals surface area contributed by atoms with Crippen molar-refractivity contribution in [1.29, 1.82) is 0 Å². The van der Waals surface area contributed by atoms with Gasteiger partial charge in [-0.15, -0.1) is 0 Å². The summed E-state index contributed by atoms with van der Waals surface area (Å²) in [4.78, 5) is 13.4. The fourth-order valence-electron chi connectivity index (χ4n) is 1.89. The molecule has 0 bridgehead atoms. The summed E-state index contributed by atoms with van der Waals surface area (Å²) < 4.78 is 1.68. The van der Waals surface area contributed by atoms with E-state index in [1.165, 1.54) is 4.90 Å². The van der Waals surface area contributed by atoms with Crippen LogP contribution in [-0.2, 0) is 6.54 Å². The molecular formula is C14H17ClN4O. The van der Waals surface area contributed by atoms with Crippen molar-refractivity contribution in [2.75, 3.05) is 21.1 Å². The molecule has 0 aliphatic carbocycles. The summed E-state index contributed by atoms with van der Waals surface area (Å²) in [5.41, 5.74) is 2.33. The molecule has 0 saturated carbocycles. The van der Waals surface area contributed by atoms with Crippen LogP contribution in [-0.4, -0.2) is 41.7 Å². The van der Waals surface area contributed by atoms with Crippen molar-refractivity contribution in [1.82, 2.24) is 20.0 Å². The highest BCUT2D eigenvalue weighted by molar-refractivity contribution is 6.30. The van der Waals surface area contributed by atoms with Crippen LogP contribution in [0.25, 0.3) is 5.69 Å². The van der Waals surface area contributed by atoms with Gasteiger partial charge in [-0.05, 0) is 30.8 Å². The summed E-state index contributed by atoms with van der Waals surface area (Å²) in [6, 6.07) is 7.33. The van der Waals surface area contributed by atoms with Crippen LogP contribution >= 0.6 is 11.6 Å². The Morgan fingerprint density at radius 3 is 2.80 bits per heavy atom. The zero-order valence-electron chi connectivity index (χ0n) is 11.7. The molecule has 6 heteroatoms. The van der Waals surface area contributed by atoms with Gasteiger partial charge < -0.3 is 10.2 Å². The number of carbonyl (C=O) groups is 1. The molecule has 0 aliphatic heterocycles. The number of rotatable bonds is 4. The van der Waals surface area contributed by atoms with Crippen LogP contribution in [0.4, 0.5) is 0 Å². The average molecular weight is 293 g/mol. The molecule has 1 heterocycles. The monoisotopic (exact) mass is 292 g/mol. The van der Waals surface area contributed by atoms with Crippen molar-refractivity contribution in [3.8, 4) is 5.69 Å². The third-order valence-electron chi connectivity index (χ3n) is 2.88. The molecule has 0 aliphatic rings. The standard InChI is InChI=1S/C14H17ClN4O/c1-16-9-10-4-5-11(15)8-13(10)19-7-6-12(17-19)14(20)18(2)3/h4-8,16H,9H2,1-3H3. The summed E-state index contributed by atoms with van der Waals surface area (Å²) in [6.07, 6.45) is 1.77. The van der Waals surface area contributed by atoms with Crippen molar-refractivity contribution < 1.29 is 4.79 Å². The quantitative estimate of drug-likeness (QED) is 0.937. The van der Waals surface area contributed by atoms with Gasteiger partial charge in [-0.25, -0.2) is 4.68 Å². The summed E-state index contributed by atoms with van der Waals surface area (Å²) >= 11 is 6.05. The fraction of sp³-hybridized carbons (Fsp3) is 0.286. The molecule has 20 heavy (non-hydrogen) atoms. The first kappa shape index (κ1) is 14.6. The van der Waals surface area contributed by atoms with Gasteiger partial charge in [0.25, 0.3) is 5.91 Å². The van der Waals surface area contributed by atoms with Gasteiger partial charge in [0.05, 0.1) is 5.69 Å². The lowest BCUT2D eigenvalue weighted by Crippen LogP contribution is -2.22. The van der Waals surface area contributed by atoms with E-state index in [0.29, 0.717) is 17.3 Å². The van der Waals surface area contributed by atoms with Gasteiger partial charge >= 0.3 is 0 Å². The third-order valence-corrected chi connectivity index (χ3v) is 3.11. The number of hydrogen-bond acceptors (Lipinski definition) is 3. The first-order valence-corrected chi connectivity index (χ1v) is 6.61. The minimum Gasteiger partial charge on any atom is -0.343 e. The lowest BCUT2D eigenvalue weighted by molar-refractivity contribution is 0.0821. The van der Waals surface area contributed by atoms with Gasteiger partial charge in [0, 0.05) is 31.9 Å². The van der Waals surface area contributed by atoms with E-state index in [1.54, 1.807) is 31.0 Å². The lowest BCUT2D eigenvalue weighted by atomic mass is 10.2. The van der Waals surface area contributed by atoms with Gasteiger partial charge in [0.1, 0.15) is 0 Å². The first-order chi connectivity index (χ1) is 9.52. The number of aromatic nitrogens is 2. The Hall–Kier alpha value is -1.85. The maximum absolute atomic E-state index is 11.9. The zero-order chi connectivity index (χ0) is 14.7. The molecule has 1 N–H and O–H groups in total. The SMILES string of the molecule is CNCc1ccc(Cl)cc1-n1ccc(C(=O)N(C)C)n1. The van der Waals surface area contributed by atoms with Gasteiger partial charge in [-0.3, -0.25) is 4.79 Å². The molecule has 0 saturated heterocycles. The van der Waals surface area contributed by atoms with E-state index in [1.807, 2.05) is 25.2 Å². The minimum atomic E-state index is -0.124. The van der Waals surface area contributed by atoms with E-state index in [-0.39, 0.29) is 5.91 Å². The Morgan fingerprint density at radius 1 is 1.40 bits per heavy atom. The maximum atomic E-state index is 11.9. The van der Waals surface area contributed by atoms with Gasteiger partial charge in [-0.2, -0.15) is 5.10 Å². The molecule has 2 aromatic rings. The van der Waals surface area contributed by atoms with Crippen molar-refractivity contribution in [2.45, 2.75) is 6.54 Å². The van der Waals surface area contributed by atoms with Crippen LogP contribution in [0.1, 0.15) is 16.1 Å². The van der Waals surface area contributed by atoms with Crippen molar-refractivity contribution in [3.63, 3.8) is 0 Å². The summed E-state index contributed by atoms with van der Waals surface area (Å²) in [5, 5.41) is 8.06. The zero-order valence-corrected chi connectivity index (χ0v) is 12.5. The first-order valence-electron chi connectivity index (χ1n) is 6.23. The Balaban J connectivity index is 2.41. The molecule has 106 valence electrons. The number of hydrogen-bond donors (Lipinski definition) is 1. The van der Waals surface area contributed by atoms with Crippen LogP contribution in [0.3, 0.4) is 0 Å². The number of nitrogens with one attached hydrogen (secondary N) is 1. The van der Waals surface area contributed by atoms with Gasteiger partial charge in [0.15, 0.2) is 5.69 Å². The normalized spacial score (nSPS) is 10.6.